The zero-order valence-electron chi connectivity index (χ0n) is 13.1. The number of unbranched alkanes of at least 4 members (excludes halogenated alkanes) is 1. The molecule has 0 unspecified atom stereocenters. The molecule has 0 aromatic heterocycles. The molecule has 0 saturated carbocycles. The van der Waals surface area contributed by atoms with Gasteiger partial charge in [-0.15, -0.1) is 0 Å². The first kappa shape index (κ1) is 15.9. The number of hydrogen-bond acceptors (Lipinski definition) is 0. The number of rotatable bonds is 4. The molecule has 0 heterocycles. The highest BCUT2D eigenvalue weighted by molar-refractivity contribution is 5.71. The van der Waals surface area contributed by atoms with Crippen molar-refractivity contribution in [1.82, 2.24) is 0 Å². The van der Waals surface area contributed by atoms with Gasteiger partial charge in [0.1, 0.15) is 5.82 Å². The van der Waals surface area contributed by atoms with Crippen molar-refractivity contribution in [3.8, 4) is 0 Å². The summed E-state index contributed by atoms with van der Waals surface area (Å²) in [6, 6.07) is 7.99. The fourth-order valence-electron chi connectivity index (χ4n) is 3.07. The SMILES string of the molecule is CCCCc1ccc(C2=CCc3ccc(F)cc3C2)c(F)c1F. The third kappa shape index (κ3) is 3.19. The third-order valence-electron chi connectivity index (χ3n) is 4.43. The Kier molecular flexibility index (Phi) is 4.56. The Labute approximate surface area is 134 Å². The van der Waals surface area contributed by atoms with Crippen molar-refractivity contribution in [3.63, 3.8) is 0 Å². The van der Waals surface area contributed by atoms with Gasteiger partial charge in [-0.2, -0.15) is 0 Å². The molecule has 1 aliphatic rings. The lowest BCUT2D eigenvalue weighted by molar-refractivity contribution is 0.494. The van der Waals surface area contributed by atoms with Crippen LogP contribution >= 0.6 is 0 Å². The standard InChI is InChI=1S/C20H19F3/c1-2-3-4-14-8-10-18(20(23)19(14)22)15-6-5-13-7-9-17(21)12-16(13)11-15/h6-10,12H,2-5,11H2,1H3. The highest BCUT2D eigenvalue weighted by atomic mass is 19.2. The minimum Gasteiger partial charge on any atom is -0.207 e. The molecule has 0 N–H and O–H groups in total. The van der Waals surface area contributed by atoms with Crippen molar-refractivity contribution >= 4 is 5.57 Å². The highest BCUT2D eigenvalue weighted by Crippen LogP contribution is 2.31. The maximum Gasteiger partial charge on any atom is 0.166 e. The molecule has 0 nitrogen and oxygen atoms in total. The maximum absolute atomic E-state index is 14.4. The Morgan fingerprint density at radius 1 is 0.957 bits per heavy atom. The second kappa shape index (κ2) is 6.61. The summed E-state index contributed by atoms with van der Waals surface area (Å²) in [5.74, 6) is -1.84. The first-order chi connectivity index (χ1) is 11.1. The Hall–Kier alpha value is -2.03. The predicted octanol–water partition coefficient (Wildman–Crippen LogP) is 5.63. The van der Waals surface area contributed by atoms with E-state index < -0.39 is 11.6 Å². The molecule has 0 bridgehead atoms. The lowest BCUT2D eigenvalue weighted by Crippen LogP contribution is -2.06. The molecule has 0 atom stereocenters. The second-order valence-electron chi connectivity index (χ2n) is 6.03. The Bertz CT molecular complexity index is 760. The molecule has 23 heavy (non-hydrogen) atoms. The van der Waals surface area contributed by atoms with Gasteiger partial charge >= 0.3 is 0 Å². The molecule has 0 radical (unpaired) electrons. The number of fused-ring (bicyclic) bond motifs is 1. The number of benzene rings is 2. The molecular formula is C20H19F3. The number of hydrogen-bond donors (Lipinski definition) is 0. The van der Waals surface area contributed by atoms with E-state index in [-0.39, 0.29) is 11.4 Å². The quantitative estimate of drug-likeness (QED) is 0.686. The molecule has 2 aromatic carbocycles. The van der Waals surface area contributed by atoms with Gasteiger partial charge in [0, 0.05) is 5.56 Å². The van der Waals surface area contributed by atoms with Crippen LogP contribution in [0.1, 0.15) is 42.0 Å². The van der Waals surface area contributed by atoms with Crippen LogP contribution in [0.4, 0.5) is 13.2 Å². The van der Waals surface area contributed by atoms with Crippen LogP contribution in [0.2, 0.25) is 0 Å². The van der Waals surface area contributed by atoms with Gasteiger partial charge in [0.05, 0.1) is 0 Å². The normalized spacial score (nSPS) is 13.7. The van der Waals surface area contributed by atoms with E-state index in [1.54, 1.807) is 18.2 Å². The zero-order valence-corrected chi connectivity index (χ0v) is 13.1. The maximum atomic E-state index is 14.4. The van der Waals surface area contributed by atoms with Gasteiger partial charge in [-0.1, -0.05) is 37.6 Å². The fraction of sp³-hybridized carbons (Fsp3) is 0.300. The largest absolute Gasteiger partial charge is 0.207 e. The first-order valence-corrected chi connectivity index (χ1v) is 8.03. The summed E-state index contributed by atoms with van der Waals surface area (Å²) in [7, 11) is 0. The summed E-state index contributed by atoms with van der Waals surface area (Å²) < 4.78 is 42.1. The van der Waals surface area contributed by atoms with Crippen LogP contribution in [-0.4, -0.2) is 0 Å². The molecule has 0 spiro atoms. The number of halogens is 3. The van der Waals surface area contributed by atoms with E-state index in [1.165, 1.54) is 12.1 Å². The number of allylic oxidation sites excluding steroid dienone is 2. The van der Waals surface area contributed by atoms with Gasteiger partial charge in [-0.25, -0.2) is 13.2 Å². The van der Waals surface area contributed by atoms with Crippen LogP contribution in [-0.2, 0) is 19.3 Å². The van der Waals surface area contributed by atoms with Crippen molar-refractivity contribution in [2.24, 2.45) is 0 Å². The minimum atomic E-state index is -0.787. The Balaban J connectivity index is 1.91. The van der Waals surface area contributed by atoms with E-state index in [4.69, 9.17) is 0 Å². The lowest BCUT2D eigenvalue weighted by Gasteiger charge is -2.18. The Morgan fingerprint density at radius 2 is 1.78 bits per heavy atom. The molecular weight excluding hydrogens is 297 g/mol. The first-order valence-electron chi connectivity index (χ1n) is 8.03. The molecule has 3 heteroatoms. The smallest absolute Gasteiger partial charge is 0.166 e. The van der Waals surface area contributed by atoms with Crippen LogP contribution in [0.5, 0.6) is 0 Å². The molecule has 0 fully saturated rings. The zero-order chi connectivity index (χ0) is 16.4. The summed E-state index contributed by atoms with van der Waals surface area (Å²) in [6.07, 6.45) is 5.28. The van der Waals surface area contributed by atoms with Gasteiger partial charge in [0.25, 0.3) is 0 Å². The number of aryl methyl sites for hydroxylation is 1. The molecule has 1 aliphatic carbocycles. The summed E-state index contributed by atoms with van der Waals surface area (Å²) >= 11 is 0. The molecule has 0 amide bonds. The van der Waals surface area contributed by atoms with Crippen molar-refractivity contribution in [2.75, 3.05) is 0 Å². The minimum absolute atomic E-state index is 0.289. The van der Waals surface area contributed by atoms with Crippen LogP contribution in [0.3, 0.4) is 0 Å². The highest BCUT2D eigenvalue weighted by Gasteiger charge is 2.19. The Morgan fingerprint density at radius 3 is 2.57 bits per heavy atom. The van der Waals surface area contributed by atoms with Gasteiger partial charge in [0.2, 0.25) is 0 Å². The van der Waals surface area contributed by atoms with E-state index in [0.717, 1.165) is 29.5 Å². The molecule has 0 aliphatic heterocycles. The molecule has 0 saturated heterocycles. The van der Waals surface area contributed by atoms with E-state index in [2.05, 4.69) is 0 Å². The van der Waals surface area contributed by atoms with E-state index in [1.807, 2.05) is 13.0 Å². The average Bonchev–Trinajstić information content (AvgIpc) is 2.55. The summed E-state index contributed by atoms with van der Waals surface area (Å²) in [4.78, 5) is 0. The van der Waals surface area contributed by atoms with Crippen LogP contribution < -0.4 is 0 Å². The van der Waals surface area contributed by atoms with Crippen LogP contribution in [0, 0.1) is 17.5 Å². The predicted molar refractivity (Wildman–Crippen MR) is 86.8 cm³/mol. The topological polar surface area (TPSA) is 0 Å². The van der Waals surface area contributed by atoms with Crippen molar-refractivity contribution in [3.05, 3.63) is 76.1 Å². The van der Waals surface area contributed by atoms with Gasteiger partial charge < -0.3 is 0 Å². The summed E-state index contributed by atoms with van der Waals surface area (Å²) in [5, 5.41) is 0. The monoisotopic (exact) mass is 316 g/mol. The third-order valence-corrected chi connectivity index (χ3v) is 4.43. The molecule has 3 rings (SSSR count). The average molecular weight is 316 g/mol. The summed E-state index contributed by atoms with van der Waals surface area (Å²) in [5.41, 5.74) is 3.32. The fourth-order valence-corrected chi connectivity index (χ4v) is 3.07. The summed E-state index contributed by atoms with van der Waals surface area (Å²) in [6.45, 7) is 2.02. The van der Waals surface area contributed by atoms with Gasteiger partial charge in [-0.3, -0.25) is 0 Å². The van der Waals surface area contributed by atoms with E-state index >= 15 is 0 Å². The second-order valence-corrected chi connectivity index (χ2v) is 6.03. The van der Waals surface area contributed by atoms with E-state index in [0.29, 0.717) is 24.8 Å². The molecule has 120 valence electrons. The van der Waals surface area contributed by atoms with Crippen molar-refractivity contribution < 1.29 is 13.2 Å². The van der Waals surface area contributed by atoms with Gasteiger partial charge in [0.15, 0.2) is 11.6 Å². The van der Waals surface area contributed by atoms with Crippen LogP contribution in [0.15, 0.2) is 36.4 Å². The lowest BCUT2D eigenvalue weighted by atomic mass is 9.87. The molecule has 2 aromatic rings. The van der Waals surface area contributed by atoms with Crippen LogP contribution in [0.25, 0.3) is 5.57 Å². The van der Waals surface area contributed by atoms with Crippen molar-refractivity contribution in [2.45, 2.75) is 39.0 Å². The van der Waals surface area contributed by atoms with Crippen molar-refractivity contribution in [1.29, 1.82) is 0 Å². The van der Waals surface area contributed by atoms with Gasteiger partial charge in [-0.05, 0) is 60.1 Å². The van der Waals surface area contributed by atoms with E-state index in [9.17, 15) is 13.2 Å².